The molecule has 86 valence electrons. The topological polar surface area (TPSA) is 83.8 Å². The predicted molar refractivity (Wildman–Crippen MR) is 59.7 cm³/mol. The van der Waals surface area contributed by atoms with Crippen molar-refractivity contribution in [2.45, 2.75) is 31.7 Å². The Morgan fingerprint density at radius 3 is 2.94 bits per heavy atom. The number of hydrogen-bond donors (Lipinski definition) is 3. The zero-order valence-corrected chi connectivity index (χ0v) is 9.07. The third kappa shape index (κ3) is 1.56. The molecule has 16 heavy (non-hydrogen) atoms. The number of nitrogen functional groups attached to an aromatic ring is 1. The van der Waals surface area contributed by atoms with Gasteiger partial charge in [-0.3, -0.25) is 9.89 Å². The molecule has 0 aromatic carbocycles. The molecule has 4 N–H and O–H groups in total. The van der Waals surface area contributed by atoms with Gasteiger partial charge in [0.2, 0.25) is 0 Å². The van der Waals surface area contributed by atoms with Crippen molar-refractivity contribution in [3.63, 3.8) is 0 Å². The summed E-state index contributed by atoms with van der Waals surface area (Å²) in [6.07, 6.45) is 5.03. The summed E-state index contributed by atoms with van der Waals surface area (Å²) in [4.78, 5) is 11.9. The highest BCUT2D eigenvalue weighted by Crippen LogP contribution is 2.44. The molecule has 3 rings (SSSR count). The molecule has 0 aliphatic heterocycles. The lowest BCUT2D eigenvalue weighted by molar-refractivity contribution is 0.0918. The smallest absolute Gasteiger partial charge is 0.269 e. The van der Waals surface area contributed by atoms with Crippen molar-refractivity contribution in [2.24, 2.45) is 11.8 Å². The van der Waals surface area contributed by atoms with Gasteiger partial charge in [-0.05, 0) is 31.1 Å². The quantitative estimate of drug-likeness (QED) is 0.692. The van der Waals surface area contributed by atoms with Gasteiger partial charge in [-0.15, -0.1) is 0 Å². The minimum atomic E-state index is -0.0817. The molecule has 5 nitrogen and oxygen atoms in total. The molecule has 2 fully saturated rings. The van der Waals surface area contributed by atoms with E-state index in [1.807, 2.05) is 0 Å². The Hall–Kier alpha value is -1.52. The van der Waals surface area contributed by atoms with E-state index in [1.165, 1.54) is 19.3 Å². The van der Waals surface area contributed by atoms with Crippen LogP contribution in [0.15, 0.2) is 6.07 Å². The van der Waals surface area contributed by atoms with Crippen LogP contribution in [0.2, 0.25) is 0 Å². The van der Waals surface area contributed by atoms with Crippen LogP contribution in [0.25, 0.3) is 0 Å². The minimum Gasteiger partial charge on any atom is -0.382 e. The lowest BCUT2D eigenvalue weighted by Gasteiger charge is -2.22. The number of fused-ring (bicyclic) bond motifs is 2. The van der Waals surface area contributed by atoms with Gasteiger partial charge in [0.05, 0.1) is 0 Å². The molecule has 2 aliphatic rings. The first-order chi connectivity index (χ1) is 7.72. The summed E-state index contributed by atoms with van der Waals surface area (Å²) in [7, 11) is 0. The standard InChI is InChI=1S/C11H16N4O/c12-10-5-9(14-15-10)11(16)13-8-4-6-1-2-7(8)3-6/h5-8H,1-4H2,(H,13,16)(H3,12,14,15)/t6-,7-,8-/m0/s1. The molecule has 2 bridgehead atoms. The van der Waals surface area contributed by atoms with Crippen LogP contribution in [0.5, 0.6) is 0 Å². The second-order valence-corrected chi connectivity index (χ2v) is 4.96. The van der Waals surface area contributed by atoms with E-state index in [0.29, 0.717) is 23.5 Å². The van der Waals surface area contributed by atoms with Crippen molar-refractivity contribution in [1.29, 1.82) is 0 Å². The van der Waals surface area contributed by atoms with Crippen molar-refractivity contribution in [3.8, 4) is 0 Å². The van der Waals surface area contributed by atoms with E-state index in [1.54, 1.807) is 6.07 Å². The first-order valence-corrected chi connectivity index (χ1v) is 5.84. The zero-order valence-electron chi connectivity index (χ0n) is 9.07. The van der Waals surface area contributed by atoms with Crippen LogP contribution >= 0.6 is 0 Å². The van der Waals surface area contributed by atoms with Gasteiger partial charge in [0.15, 0.2) is 0 Å². The van der Waals surface area contributed by atoms with E-state index >= 15 is 0 Å². The molecule has 0 unspecified atom stereocenters. The van der Waals surface area contributed by atoms with Gasteiger partial charge >= 0.3 is 0 Å². The number of nitrogens with zero attached hydrogens (tertiary/aromatic N) is 1. The molecular formula is C11H16N4O. The summed E-state index contributed by atoms with van der Waals surface area (Å²) in [6, 6.07) is 1.93. The van der Waals surface area contributed by atoms with Gasteiger partial charge in [0.1, 0.15) is 11.5 Å². The second-order valence-electron chi connectivity index (χ2n) is 4.96. The Bertz CT molecular complexity index is 414. The third-order valence-corrected chi connectivity index (χ3v) is 3.90. The lowest BCUT2D eigenvalue weighted by atomic mass is 9.95. The average molecular weight is 220 g/mol. The molecule has 1 heterocycles. The van der Waals surface area contributed by atoms with E-state index in [9.17, 15) is 4.79 Å². The third-order valence-electron chi connectivity index (χ3n) is 3.90. The van der Waals surface area contributed by atoms with Crippen LogP contribution in [0.1, 0.15) is 36.2 Å². The van der Waals surface area contributed by atoms with E-state index in [0.717, 1.165) is 12.3 Å². The van der Waals surface area contributed by atoms with Crippen molar-refractivity contribution >= 4 is 11.7 Å². The maximum atomic E-state index is 11.9. The second kappa shape index (κ2) is 3.50. The summed E-state index contributed by atoms with van der Waals surface area (Å²) in [5.74, 6) is 1.80. The van der Waals surface area contributed by atoms with Crippen molar-refractivity contribution in [1.82, 2.24) is 15.5 Å². The lowest BCUT2D eigenvalue weighted by Crippen LogP contribution is -2.38. The Morgan fingerprint density at radius 2 is 2.38 bits per heavy atom. The summed E-state index contributed by atoms with van der Waals surface area (Å²) in [6.45, 7) is 0. The Morgan fingerprint density at radius 1 is 1.50 bits per heavy atom. The molecule has 2 saturated carbocycles. The number of carbonyl (C=O) groups is 1. The highest BCUT2D eigenvalue weighted by atomic mass is 16.2. The van der Waals surface area contributed by atoms with E-state index in [4.69, 9.17) is 5.73 Å². The fourth-order valence-electron chi connectivity index (χ4n) is 3.12. The largest absolute Gasteiger partial charge is 0.382 e. The number of hydrogen-bond acceptors (Lipinski definition) is 3. The number of H-pyrrole nitrogens is 1. The van der Waals surface area contributed by atoms with E-state index < -0.39 is 0 Å². The number of amides is 1. The Kier molecular flexibility index (Phi) is 2.12. The van der Waals surface area contributed by atoms with Gasteiger partial charge in [-0.1, -0.05) is 6.42 Å². The Balaban J connectivity index is 1.65. The van der Waals surface area contributed by atoms with Gasteiger partial charge in [-0.2, -0.15) is 5.10 Å². The maximum Gasteiger partial charge on any atom is 0.269 e. The number of aromatic nitrogens is 2. The highest BCUT2D eigenvalue weighted by Gasteiger charge is 2.40. The van der Waals surface area contributed by atoms with Crippen LogP contribution in [0.4, 0.5) is 5.82 Å². The molecular weight excluding hydrogens is 204 g/mol. The predicted octanol–water partition coefficient (Wildman–Crippen LogP) is 0.910. The number of nitrogens with one attached hydrogen (secondary N) is 2. The first-order valence-electron chi connectivity index (χ1n) is 5.84. The number of aromatic amines is 1. The number of nitrogens with two attached hydrogens (primary N) is 1. The van der Waals surface area contributed by atoms with Gasteiger partial charge in [0, 0.05) is 12.1 Å². The van der Waals surface area contributed by atoms with Crippen molar-refractivity contribution in [3.05, 3.63) is 11.8 Å². The molecule has 0 radical (unpaired) electrons. The molecule has 0 saturated heterocycles. The molecule has 1 amide bonds. The summed E-state index contributed by atoms with van der Waals surface area (Å²) in [5, 5.41) is 9.46. The number of anilines is 1. The molecule has 3 atom stereocenters. The molecule has 1 aromatic heterocycles. The fraction of sp³-hybridized carbons (Fsp3) is 0.636. The van der Waals surface area contributed by atoms with Crippen molar-refractivity contribution < 1.29 is 4.79 Å². The number of rotatable bonds is 2. The SMILES string of the molecule is Nc1cc(C(=O)N[C@H]2C[C@H]3CC[C@H]2C3)[nH]n1. The summed E-state index contributed by atoms with van der Waals surface area (Å²) in [5.41, 5.74) is 5.92. The van der Waals surface area contributed by atoms with Gasteiger partial charge in [0.25, 0.3) is 5.91 Å². The molecule has 0 spiro atoms. The first kappa shape index (κ1) is 9.69. The van der Waals surface area contributed by atoms with Gasteiger partial charge in [-0.25, -0.2) is 0 Å². The fourth-order valence-corrected chi connectivity index (χ4v) is 3.12. The van der Waals surface area contributed by atoms with E-state index in [2.05, 4.69) is 15.5 Å². The summed E-state index contributed by atoms with van der Waals surface area (Å²) >= 11 is 0. The minimum absolute atomic E-state index is 0.0817. The zero-order chi connectivity index (χ0) is 11.1. The van der Waals surface area contributed by atoms with Crippen LogP contribution in [-0.4, -0.2) is 22.1 Å². The number of carbonyl (C=O) groups excluding carboxylic acids is 1. The monoisotopic (exact) mass is 220 g/mol. The van der Waals surface area contributed by atoms with Crippen LogP contribution in [0.3, 0.4) is 0 Å². The van der Waals surface area contributed by atoms with Crippen LogP contribution in [-0.2, 0) is 0 Å². The molecule has 2 aliphatic carbocycles. The van der Waals surface area contributed by atoms with Crippen LogP contribution < -0.4 is 11.1 Å². The molecule has 1 aromatic rings. The normalized spacial score (nSPS) is 31.9. The maximum absolute atomic E-state index is 11.9. The van der Waals surface area contributed by atoms with Gasteiger partial charge < -0.3 is 11.1 Å². The molecule has 5 heteroatoms. The van der Waals surface area contributed by atoms with Crippen LogP contribution in [0, 0.1) is 11.8 Å². The average Bonchev–Trinajstić information content (AvgIpc) is 2.92. The van der Waals surface area contributed by atoms with Crippen molar-refractivity contribution in [2.75, 3.05) is 5.73 Å². The highest BCUT2D eigenvalue weighted by molar-refractivity contribution is 5.93. The Labute approximate surface area is 93.8 Å². The van der Waals surface area contributed by atoms with E-state index in [-0.39, 0.29) is 5.91 Å². The summed E-state index contributed by atoms with van der Waals surface area (Å²) < 4.78 is 0.